The maximum Gasteiger partial charge on any atom is 0.336 e. The number of aryl methyl sites for hydroxylation is 2. The highest BCUT2D eigenvalue weighted by atomic mass is 35.5. The lowest BCUT2D eigenvalue weighted by Crippen LogP contribution is -2.00. The van der Waals surface area contributed by atoms with Crippen LogP contribution in [0.4, 0.5) is 0 Å². The van der Waals surface area contributed by atoms with Gasteiger partial charge in [-0.05, 0) is 60.9 Å². The average molecular weight is 295 g/mol. The molecule has 0 amide bonds. The minimum Gasteiger partial charge on any atom is -0.478 e. The van der Waals surface area contributed by atoms with Gasteiger partial charge in [-0.3, -0.25) is 0 Å². The fourth-order valence-electron chi connectivity index (χ4n) is 1.91. The van der Waals surface area contributed by atoms with Crippen LogP contribution in [0.15, 0.2) is 30.3 Å². The first-order chi connectivity index (χ1) is 8.90. The maximum absolute atomic E-state index is 11.3. The molecule has 98 valence electrons. The minimum atomic E-state index is -0.999. The van der Waals surface area contributed by atoms with E-state index in [4.69, 9.17) is 23.2 Å². The van der Waals surface area contributed by atoms with Crippen LogP contribution in [-0.2, 0) is 0 Å². The fourth-order valence-corrected chi connectivity index (χ4v) is 2.41. The quantitative estimate of drug-likeness (QED) is 0.848. The van der Waals surface area contributed by atoms with Crippen LogP contribution in [0.3, 0.4) is 0 Å². The zero-order valence-corrected chi connectivity index (χ0v) is 12.0. The Labute approximate surface area is 121 Å². The zero-order valence-electron chi connectivity index (χ0n) is 10.5. The Balaban J connectivity index is 2.74. The van der Waals surface area contributed by atoms with Crippen molar-refractivity contribution < 1.29 is 9.90 Å². The van der Waals surface area contributed by atoms with Gasteiger partial charge in [-0.15, -0.1) is 0 Å². The summed E-state index contributed by atoms with van der Waals surface area (Å²) < 4.78 is 0. The molecule has 19 heavy (non-hydrogen) atoms. The standard InChI is InChI=1S/C15H12Cl2O2/c1-8-5-13(14(17)6-9(8)2)12-7-10(16)3-4-11(12)15(18)19/h3-7H,1-2H3,(H,18,19). The first kappa shape index (κ1) is 13.9. The summed E-state index contributed by atoms with van der Waals surface area (Å²) in [5.41, 5.74) is 3.52. The molecule has 0 saturated carbocycles. The molecule has 2 aromatic rings. The molecule has 0 saturated heterocycles. The Morgan fingerprint density at radius 1 is 1.00 bits per heavy atom. The van der Waals surface area contributed by atoms with E-state index in [2.05, 4.69) is 0 Å². The van der Waals surface area contributed by atoms with Crippen molar-refractivity contribution in [3.63, 3.8) is 0 Å². The van der Waals surface area contributed by atoms with Crippen molar-refractivity contribution in [2.24, 2.45) is 0 Å². The van der Waals surface area contributed by atoms with Crippen LogP contribution >= 0.6 is 23.2 Å². The predicted octanol–water partition coefficient (Wildman–Crippen LogP) is 4.98. The Kier molecular flexibility index (Phi) is 3.83. The molecule has 0 bridgehead atoms. The molecule has 2 rings (SSSR count). The topological polar surface area (TPSA) is 37.3 Å². The molecule has 0 aliphatic rings. The lowest BCUT2D eigenvalue weighted by Gasteiger charge is -2.11. The highest BCUT2D eigenvalue weighted by Gasteiger charge is 2.15. The minimum absolute atomic E-state index is 0.189. The van der Waals surface area contributed by atoms with E-state index in [-0.39, 0.29) is 5.56 Å². The third-order valence-corrected chi connectivity index (χ3v) is 3.63. The number of halogens is 2. The molecule has 0 aliphatic heterocycles. The molecule has 0 aliphatic carbocycles. The largest absolute Gasteiger partial charge is 0.478 e. The van der Waals surface area contributed by atoms with Crippen molar-refractivity contribution >= 4 is 29.2 Å². The number of carboxylic acid groups (broad SMARTS) is 1. The summed E-state index contributed by atoms with van der Waals surface area (Å²) >= 11 is 12.2. The van der Waals surface area contributed by atoms with E-state index in [0.717, 1.165) is 11.1 Å². The fraction of sp³-hybridized carbons (Fsp3) is 0.133. The van der Waals surface area contributed by atoms with Gasteiger partial charge in [0.2, 0.25) is 0 Å². The average Bonchev–Trinajstić information content (AvgIpc) is 2.33. The second-order valence-electron chi connectivity index (χ2n) is 4.41. The number of carbonyl (C=O) groups is 1. The van der Waals surface area contributed by atoms with Crippen molar-refractivity contribution in [1.82, 2.24) is 0 Å². The second kappa shape index (κ2) is 5.24. The van der Waals surface area contributed by atoms with Gasteiger partial charge in [0, 0.05) is 15.6 Å². The molecule has 2 aromatic carbocycles. The molecule has 0 aromatic heterocycles. The number of carboxylic acids is 1. The van der Waals surface area contributed by atoms with E-state index in [0.29, 0.717) is 21.2 Å². The van der Waals surface area contributed by atoms with E-state index in [1.807, 2.05) is 26.0 Å². The van der Waals surface area contributed by atoms with E-state index in [1.54, 1.807) is 12.1 Å². The van der Waals surface area contributed by atoms with Gasteiger partial charge in [-0.25, -0.2) is 4.79 Å². The Hall–Kier alpha value is -1.51. The van der Waals surface area contributed by atoms with Crippen LogP contribution < -0.4 is 0 Å². The van der Waals surface area contributed by atoms with Crippen molar-refractivity contribution in [3.8, 4) is 11.1 Å². The van der Waals surface area contributed by atoms with Crippen LogP contribution in [-0.4, -0.2) is 11.1 Å². The van der Waals surface area contributed by atoms with Crippen molar-refractivity contribution in [1.29, 1.82) is 0 Å². The van der Waals surface area contributed by atoms with Gasteiger partial charge in [-0.2, -0.15) is 0 Å². The number of benzene rings is 2. The molecule has 1 N–H and O–H groups in total. The van der Waals surface area contributed by atoms with E-state index in [9.17, 15) is 9.90 Å². The zero-order chi connectivity index (χ0) is 14.2. The van der Waals surface area contributed by atoms with Gasteiger partial charge in [0.25, 0.3) is 0 Å². The van der Waals surface area contributed by atoms with E-state index >= 15 is 0 Å². The van der Waals surface area contributed by atoms with Crippen molar-refractivity contribution in [2.45, 2.75) is 13.8 Å². The summed E-state index contributed by atoms with van der Waals surface area (Å²) in [6, 6.07) is 8.39. The van der Waals surface area contributed by atoms with Crippen LogP contribution in [0.5, 0.6) is 0 Å². The summed E-state index contributed by atoms with van der Waals surface area (Å²) in [4.78, 5) is 11.3. The summed E-state index contributed by atoms with van der Waals surface area (Å²) in [6.07, 6.45) is 0. The van der Waals surface area contributed by atoms with Gasteiger partial charge in [0.15, 0.2) is 0 Å². The van der Waals surface area contributed by atoms with Gasteiger partial charge >= 0.3 is 5.97 Å². The molecule has 0 heterocycles. The molecule has 0 unspecified atom stereocenters. The highest BCUT2D eigenvalue weighted by Crippen LogP contribution is 2.34. The molecule has 0 radical (unpaired) electrons. The van der Waals surface area contributed by atoms with Gasteiger partial charge in [0.1, 0.15) is 0 Å². The lowest BCUT2D eigenvalue weighted by molar-refractivity contribution is 0.0698. The van der Waals surface area contributed by atoms with E-state index < -0.39 is 5.97 Å². The second-order valence-corrected chi connectivity index (χ2v) is 5.26. The molecule has 4 heteroatoms. The number of hydrogen-bond acceptors (Lipinski definition) is 1. The van der Waals surface area contributed by atoms with Gasteiger partial charge in [0.05, 0.1) is 5.56 Å². The normalized spacial score (nSPS) is 10.5. The SMILES string of the molecule is Cc1cc(Cl)c(-c2cc(Cl)ccc2C(=O)O)cc1C. The first-order valence-corrected chi connectivity index (χ1v) is 6.45. The number of rotatable bonds is 2. The first-order valence-electron chi connectivity index (χ1n) is 5.70. The van der Waals surface area contributed by atoms with Crippen molar-refractivity contribution in [2.75, 3.05) is 0 Å². The monoisotopic (exact) mass is 294 g/mol. The Bertz CT molecular complexity index is 663. The summed E-state index contributed by atoms with van der Waals surface area (Å²) in [7, 11) is 0. The molecule has 0 atom stereocenters. The number of hydrogen-bond donors (Lipinski definition) is 1. The Morgan fingerprint density at radius 3 is 2.26 bits per heavy atom. The van der Waals surface area contributed by atoms with E-state index in [1.165, 1.54) is 6.07 Å². The Morgan fingerprint density at radius 2 is 1.63 bits per heavy atom. The lowest BCUT2D eigenvalue weighted by atomic mass is 9.96. The summed E-state index contributed by atoms with van der Waals surface area (Å²) in [5.74, 6) is -0.999. The smallest absolute Gasteiger partial charge is 0.336 e. The van der Waals surface area contributed by atoms with Gasteiger partial charge < -0.3 is 5.11 Å². The highest BCUT2D eigenvalue weighted by molar-refractivity contribution is 6.34. The van der Waals surface area contributed by atoms with Crippen LogP contribution in [0, 0.1) is 13.8 Å². The number of aromatic carboxylic acids is 1. The third kappa shape index (κ3) is 2.75. The summed E-state index contributed by atoms with van der Waals surface area (Å²) in [5, 5.41) is 10.2. The molecular formula is C15H12Cl2O2. The molecule has 0 spiro atoms. The third-order valence-electron chi connectivity index (χ3n) is 3.09. The molecular weight excluding hydrogens is 283 g/mol. The van der Waals surface area contributed by atoms with Crippen LogP contribution in [0.2, 0.25) is 10.0 Å². The maximum atomic E-state index is 11.3. The molecule has 0 fully saturated rings. The van der Waals surface area contributed by atoms with Gasteiger partial charge in [-0.1, -0.05) is 23.2 Å². The van der Waals surface area contributed by atoms with Crippen molar-refractivity contribution in [3.05, 3.63) is 57.1 Å². The van der Waals surface area contributed by atoms with Crippen LogP contribution in [0.25, 0.3) is 11.1 Å². The van der Waals surface area contributed by atoms with Crippen LogP contribution in [0.1, 0.15) is 21.5 Å². The predicted molar refractivity (Wildman–Crippen MR) is 78.3 cm³/mol. The molecule has 2 nitrogen and oxygen atoms in total. The summed E-state index contributed by atoms with van der Waals surface area (Å²) in [6.45, 7) is 3.92.